The van der Waals surface area contributed by atoms with Gasteiger partial charge < -0.3 is 4.98 Å². The molecule has 0 aliphatic heterocycles. The Labute approximate surface area is 79.4 Å². The highest BCUT2D eigenvalue weighted by Crippen LogP contribution is 2.02. The number of fused-ring (bicyclic) bond motifs is 1. The molecule has 0 saturated carbocycles. The number of nitrogens with zero attached hydrogens (tertiary/aromatic N) is 4. The number of aromatic nitrogens is 6. The molecule has 3 rings (SSSR count). The Morgan fingerprint density at radius 2 is 2.21 bits per heavy atom. The van der Waals surface area contributed by atoms with Crippen molar-refractivity contribution in [3.8, 4) is 0 Å². The minimum absolute atomic E-state index is 0.852. The van der Waals surface area contributed by atoms with Gasteiger partial charge >= 0.3 is 0 Å². The molecule has 0 aromatic carbocycles. The number of H-pyrrole nitrogens is 2. The maximum atomic E-state index is 3.75. The summed E-state index contributed by atoms with van der Waals surface area (Å²) in [6, 6.07) is 3.68. The molecule has 3 aromatic heterocycles. The fraction of sp³-hybridized carbons (Fsp3) is 0. The summed E-state index contributed by atoms with van der Waals surface area (Å²) in [5.74, 6) is 0. The van der Waals surface area contributed by atoms with Crippen LogP contribution in [0.15, 0.2) is 36.9 Å². The van der Waals surface area contributed by atoms with Crippen LogP contribution in [0.25, 0.3) is 11.0 Å². The number of hydrogen-bond acceptors (Lipinski definition) is 4. The summed E-state index contributed by atoms with van der Waals surface area (Å²) >= 11 is 0. The molecule has 3 aromatic rings. The standard InChI is InChI=1S/C5H4N4.C3H4N2/c1-2-6-5-3-7-9-8-4(1)5;1-2-4-5-3-1/h1-3,6H;1-3H,(H,4,5). The van der Waals surface area contributed by atoms with Crippen molar-refractivity contribution in [1.29, 1.82) is 0 Å². The molecule has 2 N–H and O–H groups in total. The van der Waals surface area contributed by atoms with E-state index in [2.05, 4.69) is 30.6 Å². The maximum absolute atomic E-state index is 3.75. The van der Waals surface area contributed by atoms with Crippen LogP contribution in [-0.2, 0) is 0 Å². The van der Waals surface area contributed by atoms with Crippen LogP contribution in [0.5, 0.6) is 0 Å². The van der Waals surface area contributed by atoms with E-state index < -0.39 is 0 Å². The van der Waals surface area contributed by atoms with Crippen molar-refractivity contribution < 1.29 is 0 Å². The van der Waals surface area contributed by atoms with Gasteiger partial charge in [-0.15, -0.1) is 10.2 Å². The van der Waals surface area contributed by atoms with Crippen LogP contribution in [0.2, 0.25) is 0 Å². The fourth-order valence-electron chi connectivity index (χ4n) is 0.937. The van der Waals surface area contributed by atoms with Crippen LogP contribution >= 0.6 is 0 Å². The highest BCUT2D eigenvalue weighted by atomic mass is 15.3. The van der Waals surface area contributed by atoms with Gasteiger partial charge in [0.15, 0.2) is 0 Å². The average Bonchev–Trinajstić information content (AvgIpc) is 2.92. The van der Waals surface area contributed by atoms with Crippen LogP contribution in [0.3, 0.4) is 0 Å². The van der Waals surface area contributed by atoms with Gasteiger partial charge in [-0.3, -0.25) is 5.10 Å². The SMILES string of the molecule is c1cc2nnncc2[nH]1.c1cn[nH]c1. The first kappa shape index (κ1) is 8.36. The van der Waals surface area contributed by atoms with E-state index >= 15 is 0 Å². The molecule has 0 saturated heterocycles. The van der Waals surface area contributed by atoms with Crippen LogP contribution in [0, 0.1) is 0 Å². The highest BCUT2D eigenvalue weighted by Gasteiger charge is 1.90. The van der Waals surface area contributed by atoms with E-state index in [1.807, 2.05) is 12.1 Å². The molecular formula is C8H8N6. The van der Waals surface area contributed by atoms with Crippen molar-refractivity contribution in [3.63, 3.8) is 0 Å². The first-order valence-corrected chi connectivity index (χ1v) is 4.02. The lowest BCUT2D eigenvalue weighted by Gasteiger charge is -1.80. The first-order valence-electron chi connectivity index (χ1n) is 4.02. The van der Waals surface area contributed by atoms with Crippen molar-refractivity contribution in [2.75, 3.05) is 0 Å². The first-order chi connectivity index (χ1) is 6.97. The molecule has 0 aliphatic rings. The number of aromatic amines is 2. The molecule has 0 amide bonds. The van der Waals surface area contributed by atoms with E-state index in [4.69, 9.17) is 0 Å². The lowest BCUT2D eigenvalue weighted by Crippen LogP contribution is -1.83. The van der Waals surface area contributed by atoms with Gasteiger partial charge in [0, 0.05) is 18.6 Å². The predicted octanol–water partition coefficient (Wildman–Crippen LogP) is 0.763. The zero-order chi connectivity index (χ0) is 9.64. The van der Waals surface area contributed by atoms with Crippen molar-refractivity contribution in [3.05, 3.63) is 36.9 Å². The van der Waals surface area contributed by atoms with Crippen LogP contribution in [0.1, 0.15) is 0 Å². The Morgan fingerprint density at radius 1 is 1.21 bits per heavy atom. The second-order valence-corrected chi connectivity index (χ2v) is 2.48. The molecule has 0 bridgehead atoms. The summed E-state index contributed by atoms with van der Waals surface area (Å²) < 4.78 is 0. The minimum Gasteiger partial charge on any atom is -0.358 e. The van der Waals surface area contributed by atoms with Gasteiger partial charge in [-0.1, -0.05) is 0 Å². The van der Waals surface area contributed by atoms with Gasteiger partial charge in [0.25, 0.3) is 0 Å². The van der Waals surface area contributed by atoms with E-state index in [1.165, 1.54) is 0 Å². The third kappa shape index (κ3) is 1.92. The molecule has 0 atom stereocenters. The Balaban J connectivity index is 0.000000128. The molecule has 0 unspecified atom stereocenters. The normalized spacial score (nSPS) is 9.43. The maximum Gasteiger partial charge on any atom is 0.114 e. The van der Waals surface area contributed by atoms with E-state index in [0.29, 0.717) is 0 Å². The Kier molecular flexibility index (Phi) is 2.46. The van der Waals surface area contributed by atoms with Crippen molar-refractivity contribution in [1.82, 2.24) is 30.6 Å². The second kappa shape index (κ2) is 4.13. The highest BCUT2D eigenvalue weighted by molar-refractivity contribution is 5.72. The van der Waals surface area contributed by atoms with Gasteiger partial charge in [-0.05, 0) is 17.3 Å². The summed E-state index contributed by atoms with van der Waals surface area (Å²) in [6.07, 6.45) is 6.91. The lowest BCUT2D eigenvalue weighted by atomic mass is 10.5. The average molecular weight is 188 g/mol. The molecule has 6 nitrogen and oxygen atoms in total. The third-order valence-electron chi connectivity index (χ3n) is 1.55. The third-order valence-corrected chi connectivity index (χ3v) is 1.55. The van der Waals surface area contributed by atoms with E-state index in [9.17, 15) is 0 Å². The van der Waals surface area contributed by atoms with E-state index in [1.54, 1.807) is 24.8 Å². The zero-order valence-electron chi connectivity index (χ0n) is 7.25. The van der Waals surface area contributed by atoms with Gasteiger partial charge in [0.05, 0.1) is 11.7 Å². The topological polar surface area (TPSA) is 83.1 Å². The second-order valence-electron chi connectivity index (χ2n) is 2.48. The zero-order valence-corrected chi connectivity index (χ0v) is 7.25. The van der Waals surface area contributed by atoms with E-state index in [-0.39, 0.29) is 0 Å². The molecule has 6 heteroatoms. The Morgan fingerprint density at radius 3 is 2.86 bits per heavy atom. The van der Waals surface area contributed by atoms with Gasteiger partial charge in [0.1, 0.15) is 5.52 Å². The smallest absolute Gasteiger partial charge is 0.114 e. The Hall–Kier alpha value is -2.24. The minimum atomic E-state index is 0.852. The molecule has 14 heavy (non-hydrogen) atoms. The number of nitrogens with one attached hydrogen (secondary N) is 2. The lowest BCUT2D eigenvalue weighted by molar-refractivity contribution is 0.895. The van der Waals surface area contributed by atoms with Crippen LogP contribution in [0.4, 0.5) is 0 Å². The van der Waals surface area contributed by atoms with Crippen LogP contribution < -0.4 is 0 Å². The summed E-state index contributed by atoms with van der Waals surface area (Å²) in [5, 5.41) is 17.0. The molecule has 0 fully saturated rings. The van der Waals surface area contributed by atoms with Crippen molar-refractivity contribution >= 4 is 11.0 Å². The van der Waals surface area contributed by atoms with Gasteiger partial charge in [0.2, 0.25) is 0 Å². The van der Waals surface area contributed by atoms with Crippen LogP contribution in [-0.4, -0.2) is 30.6 Å². The molecular weight excluding hydrogens is 180 g/mol. The molecule has 0 aliphatic carbocycles. The largest absolute Gasteiger partial charge is 0.358 e. The number of rotatable bonds is 0. The fourth-order valence-corrected chi connectivity index (χ4v) is 0.937. The predicted molar refractivity (Wildman–Crippen MR) is 50.3 cm³/mol. The monoisotopic (exact) mass is 188 g/mol. The van der Waals surface area contributed by atoms with Gasteiger partial charge in [-0.2, -0.15) is 5.10 Å². The Bertz CT molecular complexity index is 424. The van der Waals surface area contributed by atoms with Crippen molar-refractivity contribution in [2.24, 2.45) is 0 Å². The van der Waals surface area contributed by atoms with Gasteiger partial charge in [-0.25, -0.2) is 0 Å². The summed E-state index contributed by atoms with van der Waals surface area (Å²) in [4.78, 5) is 2.95. The quantitative estimate of drug-likeness (QED) is 0.545. The van der Waals surface area contributed by atoms with E-state index in [0.717, 1.165) is 11.0 Å². The summed E-state index contributed by atoms with van der Waals surface area (Å²) in [5.41, 5.74) is 1.77. The number of hydrogen-bond donors (Lipinski definition) is 2. The van der Waals surface area contributed by atoms with Crippen molar-refractivity contribution in [2.45, 2.75) is 0 Å². The summed E-state index contributed by atoms with van der Waals surface area (Å²) in [7, 11) is 0. The summed E-state index contributed by atoms with van der Waals surface area (Å²) in [6.45, 7) is 0. The molecule has 70 valence electrons. The molecule has 0 radical (unpaired) electrons. The molecule has 3 heterocycles. The molecule has 0 spiro atoms.